The lowest BCUT2D eigenvalue weighted by Gasteiger charge is -2.11. The lowest BCUT2D eigenvalue weighted by atomic mass is 10.1. The molecule has 1 N–H and O–H groups in total. The van der Waals surface area contributed by atoms with Gasteiger partial charge < -0.3 is 10.1 Å². The average Bonchev–Trinajstić information content (AvgIpc) is 3.14. The number of nitrogens with zero attached hydrogens (tertiary/aromatic N) is 2. The minimum Gasteiger partial charge on any atom is -0.376 e. The highest BCUT2D eigenvalue weighted by Gasteiger charge is 2.21. The first kappa shape index (κ1) is 16.0. The Morgan fingerprint density at radius 3 is 2.78 bits per heavy atom. The summed E-state index contributed by atoms with van der Waals surface area (Å²) in [4.78, 5) is 12.5. The van der Waals surface area contributed by atoms with E-state index in [-0.39, 0.29) is 12.0 Å². The van der Waals surface area contributed by atoms with Crippen molar-refractivity contribution >= 4 is 17.5 Å². The molecule has 23 heavy (non-hydrogen) atoms. The maximum absolute atomic E-state index is 12.5. The Balaban J connectivity index is 1.79. The van der Waals surface area contributed by atoms with Gasteiger partial charge in [-0.05, 0) is 51.0 Å². The Hall–Kier alpha value is -1.85. The van der Waals surface area contributed by atoms with E-state index < -0.39 is 0 Å². The van der Waals surface area contributed by atoms with E-state index in [1.807, 2.05) is 38.1 Å². The van der Waals surface area contributed by atoms with E-state index in [1.165, 1.54) is 0 Å². The maximum atomic E-state index is 12.5. The second-order valence-corrected chi connectivity index (χ2v) is 6.22. The summed E-state index contributed by atoms with van der Waals surface area (Å²) >= 11 is 5.92. The van der Waals surface area contributed by atoms with Gasteiger partial charge in [0.2, 0.25) is 0 Å². The number of benzene rings is 1. The number of aryl methyl sites for hydroxylation is 1. The van der Waals surface area contributed by atoms with Crippen molar-refractivity contribution in [2.45, 2.75) is 32.8 Å². The largest absolute Gasteiger partial charge is 0.376 e. The molecule has 1 amide bonds. The summed E-state index contributed by atoms with van der Waals surface area (Å²) in [6.07, 6.45) is 2.20. The minimum atomic E-state index is -0.101. The van der Waals surface area contributed by atoms with Crippen LogP contribution in [0, 0.1) is 13.8 Å². The Bertz CT molecular complexity index is 703. The van der Waals surface area contributed by atoms with Crippen molar-refractivity contribution in [3.63, 3.8) is 0 Å². The number of carbonyl (C=O) groups excluding carboxylic acids is 1. The summed E-state index contributed by atoms with van der Waals surface area (Å²) in [5.41, 5.74) is 3.03. The van der Waals surface area contributed by atoms with E-state index in [2.05, 4.69) is 10.4 Å². The average molecular weight is 334 g/mol. The van der Waals surface area contributed by atoms with Crippen LogP contribution < -0.4 is 5.32 Å². The van der Waals surface area contributed by atoms with Gasteiger partial charge in [-0.25, -0.2) is 4.68 Å². The summed E-state index contributed by atoms with van der Waals surface area (Å²) in [7, 11) is 0. The van der Waals surface area contributed by atoms with Crippen molar-refractivity contribution in [2.75, 3.05) is 13.2 Å². The van der Waals surface area contributed by atoms with Crippen molar-refractivity contribution in [1.82, 2.24) is 15.1 Å². The zero-order valence-electron chi connectivity index (χ0n) is 13.3. The van der Waals surface area contributed by atoms with Crippen molar-refractivity contribution in [1.29, 1.82) is 0 Å². The van der Waals surface area contributed by atoms with Crippen molar-refractivity contribution in [3.8, 4) is 5.69 Å². The van der Waals surface area contributed by atoms with Gasteiger partial charge in [-0.2, -0.15) is 5.10 Å². The molecule has 1 atom stereocenters. The number of amides is 1. The Morgan fingerprint density at radius 1 is 1.39 bits per heavy atom. The van der Waals surface area contributed by atoms with Crippen LogP contribution in [-0.2, 0) is 4.74 Å². The molecule has 3 rings (SSSR count). The van der Waals surface area contributed by atoms with Gasteiger partial charge in [0.1, 0.15) is 0 Å². The molecule has 0 radical (unpaired) electrons. The predicted molar refractivity (Wildman–Crippen MR) is 89.4 cm³/mol. The Morgan fingerprint density at radius 2 is 2.13 bits per heavy atom. The van der Waals surface area contributed by atoms with Crippen LogP contribution in [0.1, 0.15) is 34.6 Å². The predicted octanol–water partition coefficient (Wildman–Crippen LogP) is 3.05. The molecule has 1 aliphatic heterocycles. The smallest absolute Gasteiger partial charge is 0.255 e. The lowest BCUT2D eigenvalue weighted by molar-refractivity contribution is 0.0856. The highest BCUT2D eigenvalue weighted by atomic mass is 35.5. The highest BCUT2D eigenvalue weighted by Crippen LogP contribution is 2.20. The molecular formula is C17H20ClN3O2. The molecule has 0 aliphatic carbocycles. The molecule has 2 heterocycles. The molecule has 1 aromatic heterocycles. The van der Waals surface area contributed by atoms with E-state index in [1.54, 1.807) is 4.68 Å². The minimum absolute atomic E-state index is 0.101. The van der Waals surface area contributed by atoms with Crippen molar-refractivity contribution in [2.24, 2.45) is 0 Å². The van der Waals surface area contributed by atoms with Gasteiger partial charge in [-0.15, -0.1) is 0 Å². The van der Waals surface area contributed by atoms with Crippen LogP contribution in [0.15, 0.2) is 24.3 Å². The van der Waals surface area contributed by atoms with Gasteiger partial charge in [-0.3, -0.25) is 4.79 Å². The van der Waals surface area contributed by atoms with Gasteiger partial charge in [-0.1, -0.05) is 11.6 Å². The Kier molecular flexibility index (Phi) is 4.68. The number of aromatic nitrogens is 2. The Labute approximate surface area is 140 Å². The van der Waals surface area contributed by atoms with Gasteiger partial charge in [0.15, 0.2) is 0 Å². The number of rotatable bonds is 4. The third-order valence-electron chi connectivity index (χ3n) is 4.10. The van der Waals surface area contributed by atoms with E-state index in [4.69, 9.17) is 16.3 Å². The molecule has 6 heteroatoms. The molecule has 1 fully saturated rings. The summed E-state index contributed by atoms with van der Waals surface area (Å²) in [6.45, 7) is 5.08. The van der Waals surface area contributed by atoms with Gasteiger partial charge in [0.25, 0.3) is 5.91 Å². The fourth-order valence-corrected chi connectivity index (χ4v) is 3.03. The van der Waals surface area contributed by atoms with Crippen LogP contribution >= 0.6 is 11.6 Å². The van der Waals surface area contributed by atoms with Crippen LogP contribution in [-0.4, -0.2) is 34.9 Å². The molecular weight excluding hydrogens is 314 g/mol. The van der Waals surface area contributed by atoms with E-state index >= 15 is 0 Å². The number of halogens is 1. The number of ether oxygens (including phenoxy) is 1. The van der Waals surface area contributed by atoms with Gasteiger partial charge in [0, 0.05) is 18.2 Å². The normalized spacial score (nSPS) is 17.4. The summed E-state index contributed by atoms with van der Waals surface area (Å²) in [5.74, 6) is -0.101. The molecule has 2 aromatic rings. The van der Waals surface area contributed by atoms with Crippen LogP contribution in [0.3, 0.4) is 0 Å². The summed E-state index contributed by atoms with van der Waals surface area (Å²) in [6, 6.07) is 7.39. The molecule has 5 nitrogen and oxygen atoms in total. The van der Waals surface area contributed by atoms with Gasteiger partial charge in [0.05, 0.1) is 28.7 Å². The SMILES string of the molecule is Cc1nn(-c2ccc(Cl)cc2)c(C)c1C(=O)NCC1CCCO1. The standard InChI is InChI=1S/C17H20ClN3O2/c1-11-16(17(22)19-10-15-4-3-9-23-15)12(2)21(20-11)14-7-5-13(18)6-8-14/h5-8,15H,3-4,9-10H2,1-2H3,(H,19,22). The second-order valence-electron chi connectivity index (χ2n) is 5.78. The number of carbonyl (C=O) groups is 1. The van der Waals surface area contributed by atoms with E-state index in [0.717, 1.165) is 30.8 Å². The van der Waals surface area contributed by atoms with Crippen LogP contribution in [0.25, 0.3) is 5.69 Å². The van der Waals surface area contributed by atoms with E-state index in [9.17, 15) is 4.79 Å². The molecule has 0 spiro atoms. The topological polar surface area (TPSA) is 56.2 Å². The summed E-state index contributed by atoms with van der Waals surface area (Å²) < 4.78 is 7.31. The molecule has 1 unspecified atom stereocenters. The van der Waals surface area contributed by atoms with Crippen molar-refractivity contribution in [3.05, 3.63) is 46.2 Å². The first-order valence-corrected chi connectivity index (χ1v) is 8.16. The van der Waals surface area contributed by atoms with E-state index in [0.29, 0.717) is 22.8 Å². The molecule has 1 saturated heterocycles. The highest BCUT2D eigenvalue weighted by molar-refractivity contribution is 6.30. The third-order valence-corrected chi connectivity index (χ3v) is 4.36. The number of nitrogens with one attached hydrogen (secondary N) is 1. The first-order chi connectivity index (χ1) is 11.1. The molecule has 1 aliphatic rings. The summed E-state index contributed by atoms with van der Waals surface area (Å²) in [5, 5.41) is 8.12. The molecule has 0 saturated carbocycles. The van der Waals surface area contributed by atoms with Crippen LogP contribution in [0.5, 0.6) is 0 Å². The zero-order valence-corrected chi connectivity index (χ0v) is 14.1. The third kappa shape index (κ3) is 3.41. The van der Waals surface area contributed by atoms with Gasteiger partial charge >= 0.3 is 0 Å². The maximum Gasteiger partial charge on any atom is 0.255 e. The first-order valence-electron chi connectivity index (χ1n) is 7.78. The van der Waals surface area contributed by atoms with Crippen molar-refractivity contribution < 1.29 is 9.53 Å². The molecule has 122 valence electrons. The van der Waals surface area contributed by atoms with Crippen LogP contribution in [0.4, 0.5) is 0 Å². The number of hydrogen-bond acceptors (Lipinski definition) is 3. The quantitative estimate of drug-likeness (QED) is 0.935. The fourth-order valence-electron chi connectivity index (χ4n) is 2.91. The zero-order chi connectivity index (χ0) is 16.4. The molecule has 1 aromatic carbocycles. The lowest BCUT2D eigenvalue weighted by Crippen LogP contribution is -2.32. The van der Waals surface area contributed by atoms with Crippen LogP contribution in [0.2, 0.25) is 5.02 Å². The second kappa shape index (κ2) is 6.72. The fraction of sp³-hybridized carbons (Fsp3) is 0.412. The molecule has 0 bridgehead atoms. The number of hydrogen-bond donors (Lipinski definition) is 1. The monoisotopic (exact) mass is 333 g/mol.